The normalized spacial score (nSPS) is 11.0. The molecule has 0 aliphatic rings. The van der Waals surface area contributed by atoms with Crippen LogP contribution in [0.4, 0.5) is 5.69 Å². The monoisotopic (exact) mass is 352 g/mol. The molecule has 23 heavy (non-hydrogen) atoms. The number of anilines is 1. The average molecular weight is 353 g/mol. The summed E-state index contributed by atoms with van der Waals surface area (Å²) in [6.07, 6.45) is 1.07. The van der Waals surface area contributed by atoms with Gasteiger partial charge in [0, 0.05) is 11.6 Å². The SMILES string of the molecule is CS(=O)(=O)N(CC(=O)NCc1ccccc1Cl)c1ccccc1. The summed E-state index contributed by atoms with van der Waals surface area (Å²) in [6, 6.07) is 15.6. The van der Waals surface area contributed by atoms with Crippen molar-refractivity contribution in [2.45, 2.75) is 6.54 Å². The van der Waals surface area contributed by atoms with Gasteiger partial charge in [-0.25, -0.2) is 8.42 Å². The molecule has 122 valence electrons. The maximum Gasteiger partial charge on any atom is 0.241 e. The molecule has 0 bridgehead atoms. The quantitative estimate of drug-likeness (QED) is 0.868. The van der Waals surface area contributed by atoms with Gasteiger partial charge in [-0.15, -0.1) is 0 Å². The van der Waals surface area contributed by atoms with Crippen LogP contribution in [0, 0.1) is 0 Å². The molecule has 0 unspecified atom stereocenters. The highest BCUT2D eigenvalue weighted by Crippen LogP contribution is 2.17. The Morgan fingerprint density at radius 1 is 1.09 bits per heavy atom. The molecule has 0 heterocycles. The second-order valence-corrected chi connectivity index (χ2v) is 7.29. The first kappa shape index (κ1) is 17.3. The molecule has 2 aromatic carbocycles. The van der Waals surface area contributed by atoms with E-state index in [0.29, 0.717) is 10.7 Å². The zero-order chi connectivity index (χ0) is 16.9. The number of halogens is 1. The molecule has 0 aliphatic heterocycles. The minimum absolute atomic E-state index is 0.241. The molecule has 0 saturated heterocycles. The van der Waals surface area contributed by atoms with Gasteiger partial charge in [0.25, 0.3) is 0 Å². The van der Waals surface area contributed by atoms with E-state index in [1.807, 2.05) is 6.07 Å². The van der Waals surface area contributed by atoms with E-state index in [0.717, 1.165) is 16.1 Å². The van der Waals surface area contributed by atoms with Gasteiger partial charge in [0.05, 0.1) is 11.9 Å². The number of nitrogens with one attached hydrogen (secondary N) is 1. The van der Waals surface area contributed by atoms with Crippen LogP contribution in [0.25, 0.3) is 0 Å². The molecule has 0 atom stereocenters. The van der Waals surface area contributed by atoms with Crippen molar-refractivity contribution in [1.29, 1.82) is 0 Å². The molecular formula is C16H17ClN2O3S. The minimum Gasteiger partial charge on any atom is -0.350 e. The zero-order valence-electron chi connectivity index (χ0n) is 12.6. The summed E-state index contributed by atoms with van der Waals surface area (Å²) in [6.45, 7) is -0.0435. The van der Waals surface area contributed by atoms with E-state index in [2.05, 4.69) is 5.32 Å². The summed E-state index contributed by atoms with van der Waals surface area (Å²) in [5.74, 6) is -0.404. The lowest BCUT2D eigenvalue weighted by Crippen LogP contribution is -2.40. The van der Waals surface area contributed by atoms with Crippen LogP contribution in [-0.2, 0) is 21.4 Å². The second-order valence-electron chi connectivity index (χ2n) is 4.97. The molecule has 5 nitrogen and oxygen atoms in total. The molecule has 0 aliphatic carbocycles. The molecule has 7 heteroatoms. The molecule has 2 aromatic rings. The maximum absolute atomic E-state index is 12.1. The number of carbonyl (C=O) groups is 1. The van der Waals surface area contributed by atoms with Crippen molar-refractivity contribution in [2.24, 2.45) is 0 Å². The van der Waals surface area contributed by atoms with E-state index < -0.39 is 15.9 Å². The van der Waals surface area contributed by atoms with Crippen LogP contribution in [0.3, 0.4) is 0 Å². The number of nitrogens with zero attached hydrogens (tertiary/aromatic N) is 1. The van der Waals surface area contributed by atoms with E-state index in [9.17, 15) is 13.2 Å². The van der Waals surface area contributed by atoms with E-state index in [1.54, 1.807) is 48.5 Å². The fourth-order valence-electron chi connectivity index (χ4n) is 2.02. The van der Waals surface area contributed by atoms with Crippen molar-refractivity contribution < 1.29 is 13.2 Å². The number of benzene rings is 2. The molecular weight excluding hydrogens is 336 g/mol. The third-order valence-electron chi connectivity index (χ3n) is 3.17. The van der Waals surface area contributed by atoms with Crippen LogP contribution >= 0.6 is 11.6 Å². The predicted molar refractivity (Wildman–Crippen MR) is 91.9 cm³/mol. The predicted octanol–water partition coefficient (Wildman–Crippen LogP) is 2.42. The van der Waals surface area contributed by atoms with Gasteiger partial charge in [-0.2, -0.15) is 0 Å². The van der Waals surface area contributed by atoms with Gasteiger partial charge in [-0.1, -0.05) is 48.0 Å². The Morgan fingerprint density at radius 2 is 1.70 bits per heavy atom. The van der Waals surface area contributed by atoms with Gasteiger partial charge in [-0.3, -0.25) is 9.10 Å². The summed E-state index contributed by atoms with van der Waals surface area (Å²) >= 11 is 6.02. The largest absolute Gasteiger partial charge is 0.350 e. The van der Waals surface area contributed by atoms with Gasteiger partial charge >= 0.3 is 0 Å². The summed E-state index contributed by atoms with van der Waals surface area (Å²) in [4.78, 5) is 12.1. The first-order chi connectivity index (χ1) is 10.9. The summed E-state index contributed by atoms with van der Waals surface area (Å²) in [5, 5.41) is 3.23. The Balaban J connectivity index is 2.06. The lowest BCUT2D eigenvalue weighted by Gasteiger charge is -2.21. The van der Waals surface area contributed by atoms with Crippen molar-refractivity contribution in [3.8, 4) is 0 Å². The molecule has 2 rings (SSSR count). The highest BCUT2D eigenvalue weighted by Gasteiger charge is 2.20. The van der Waals surface area contributed by atoms with Crippen molar-refractivity contribution >= 4 is 33.2 Å². The Labute approximate surface area is 140 Å². The standard InChI is InChI=1S/C16H17ClN2O3S/c1-23(21,22)19(14-8-3-2-4-9-14)12-16(20)18-11-13-7-5-6-10-15(13)17/h2-10H,11-12H2,1H3,(H,18,20). The van der Waals surface area contributed by atoms with E-state index in [1.165, 1.54) is 0 Å². The summed E-state index contributed by atoms with van der Waals surface area (Å²) in [7, 11) is -3.56. The highest BCUT2D eigenvalue weighted by atomic mass is 35.5. The summed E-state index contributed by atoms with van der Waals surface area (Å²) in [5.41, 5.74) is 1.22. The van der Waals surface area contributed by atoms with Crippen molar-refractivity contribution in [3.05, 3.63) is 65.2 Å². The number of carbonyl (C=O) groups excluding carboxylic acids is 1. The first-order valence-electron chi connectivity index (χ1n) is 6.91. The van der Waals surface area contributed by atoms with Crippen LogP contribution in [0.5, 0.6) is 0 Å². The van der Waals surface area contributed by atoms with E-state index in [4.69, 9.17) is 11.6 Å². The molecule has 0 spiro atoms. The number of para-hydroxylation sites is 1. The van der Waals surface area contributed by atoms with E-state index >= 15 is 0 Å². The third-order valence-corrected chi connectivity index (χ3v) is 4.67. The van der Waals surface area contributed by atoms with Gasteiger partial charge in [0.2, 0.25) is 15.9 Å². The van der Waals surface area contributed by atoms with Crippen LogP contribution in [0.2, 0.25) is 5.02 Å². The fourth-order valence-corrected chi connectivity index (χ4v) is 3.08. The number of sulfonamides is 1. The Morgan fingerprint density at radius 3 is 2.30 bits per heavy atom. The van der Waals surface area contributed by atoms with Gasteiger partial charge in [0.1, 0.15) is 6.54 Å². The third kappa shape index (κ3) is 4.97. The molecule has 0 radical (unpaired) electrons. The molecule has 1 amide bonds. The summed E-state index contributed by atoms with van der Waals surface area (Å²) < 4.78 is 24.9. The fraction of sp³-hybridized carbons (Fsp3) is 0.188. The zero-order valence-corrected chi connectivity index (χ0v) is 14.1. The molecule has 0 fully saturated rings. The average Bonchev–Trinajstić information content (AvgIpc) is 2.51. The van der Waals surface area contributed by atoms with Crippen LogP contribution in [0.1, 0.15) is 5.56 Å². The van der Waals surface area contributed by atoms with Crippen LogP contribution in [0.15, 0.2) is 54.6 Å². The smallest absolute Gasteiger partial charge is 0.241 e. The number of amides is 1. The maximum atomic E-state index is 12.1. The molecule has 0 saturated carbocycles. The van der Waals surface area contributed by atoms with E-state index in [-0.39, 0.29) is 13.1 Å². The highest BCUT2D eigenvalue weighted by molar-refractivity contribution is 7.92. The Hall–Kier alpha value is -2.05. The molecule has 0 aromatic heterocycles. The molecule has 1 N–H and O–H groups in total. The van der Waals surface area contributed by atoms with Crippen LogP contribution < -0.4 is 9.62 Å². The second kappa shape index (κ2) is 7.48. The Kier molecular flexibility index (Phi) is 5.63. The number of hydrogen-bond acceptors (Lipinski definition) is 3. The lowest BCUT2D eigenvalue weighted by molar-refractivity contribution is -0.119. The van der Waals surface area contributed by atoms with Gasteiger partial charge in [0.15, 0.2) is 0 Å². The number of rotatable bonds is 6. The first-order valence-corrected chi connectivity index (χ1v) is 9.13. The van der Waals surface area contributed by atoms with Crippen LogP contribution in [-0.4, -0.2) is 27.1 Å². The van der Waals surface area contributed by atoms with Crippen molar-refractivity contribution in [3.63, 3.8) is 0 Å². The Bertz CT molecular complexity index is 779. The van der Waals surface area contributed by atoms with Gasteiger partial charge < -0.3 is 5.32 Å². The van der Waals surface area contributed by atoms with Crippen molar-refractivity contribution in [1.82, 2.24) is 5.32 Å². The minimum atomic E-state index is -3.56. The van der Waals surface area contributed by atoms with Gasteiger partial charge in [-0.05, 0) is 23.8 Å². The lowest BCUT2D eigenvalue weighted by atomic mass is 10.2. The number of hydrogen-bond donors (Lipinski definition) is 1. The van der Waals surface area contributed by atoms with Crippen molar-refractivity contribution in [2.75, 3.05) is 17.1 Å². The topological polar surface area (TPSA) is 66.5 Å².